The molecule has 7 heteroatoms. The minimum Gasteiger partial charge on any atom is -0.354 e. The number of nitrogens with zero attached hydrogens (tertiary/aromatic N) is 2. The van der Waals surface area contributed by atoms with Crippen LogP contribution in [0.5, 0.6) is 0 Å². The van der Waals surface area contributed by atoms with Gasteiger partial charge >= 0.3 is 6.03 Å². The van der Waals surface area contributed by atoms with Crippen LogP contribution in [-0.4, -0.2) is 41.5 Å². The second-order valence-electron chi connectivity index (χ2n) is 5.76. The van der Waals surface area contributed by atoms with Gasteiger partial charge in [-0.15, -0.1) is 11.3 Å². The Morgan fingerprint density at radius 2 is 2.18 bits per heavy atom. The molecule has 2 rings (SSSR count). The van der Waals surface area contributed by atoms with Crippen molar-refractivity contribution in [1.29, 1.82) is 0 Å². The number of hydrogen-bond acceptors (Lipinski definition) is 4. The van der Waals surface area contributed by atoms with Gasteiger partial charge in [0.25, 0.3) is 0 Å². The van der Waals surface area contributed by atoms with Crippen molar-refractivity contribution in [1.82, 2.24) is 20.5 Å². The highest BCUT2D eigenvalue weighted by Gasteiger charge is 2.26. The first-order chi connectivity index (χ1) is 10.4. The van der Waals surface area contributed by atoms with E-state index >= 15 is 0 Å². The molecule has 1 aliphatic rings. The van der Waals surface area contributed by atoms with E-state index in [4.69, 9.17) is 0 Å². The lowest BCUT2D eigenvalue weighted by Gasteiger charge is -2.27. The zero-order valence-corrected chi connectivity index (χ0v) is 14.4. The summed E-state index contributed by atoms with van der Waals surface area (Å²) >= 11 is 1.61. The molecule has 3 amide bonds. The first-order valence-electron chi connectivity index (χ1n) is 7.65. The van der Waals surface area contributed by atoms with Crippen molar-refractivity contribution in [3.63, 3.8) is 0 Å². The summed E-state index contributed by atoms with van der Waals surface area (Å²) in [6.07, 6.45) is 2.60. The fourth-order valence-corrected chi connectivity index (χ4v) is 3.64. The van der Waals surface area contributed by atoms with E-state index in [1.54, 1.807) is 23.3 Å². The fourth-order valence-electron chi connectivity index (χ4n) is 2.61. The van der Waals surface area contributed by atoms with Crippen LogP contribution in [0.25, 0.3) is 0 Å². The van der Waals surface area contributed by atoms with E-state index in [1.807, 2.05) is 20.8 Å². The van der Waals surface area contributed by atoms with Crippen molar-refractivity contribution < 1.29 is 9.59 Å². The Morgan fingerprint density at radius 3 is 2.82 bits per heavy atom. The highest BCUT2D eigenvalue weighted by molar-refractivity contribution is 7.11. The molecule has 22 heavy (non-hydrogen) atoms. The second-order valence-corrected chi connectivity index (χ2v) is 6.99. The summed E-state index contributed by atoms with van der Waals surface area (Å²) in [5.74, 6) is -0.0864. The van der Waals surface area contributed by atoms with E-state index in [1.165, 1.54) is 0 Å². The number of thiazole rings is 1. The van der Waals surface area contributed by atoms with Gasteiger partial charge in [-0.1, -0.05) is 0 Å². The summed E-state index contributed by atoms with van der Waals surface area (Å²) in [5, 5.41) is 6.67. The smallest absolute Gasteiger partial charge is 0.318 e. The minimum atomic E-state index is -0.436. The molecule has 0 unspecified atom stereocenters. The Kier molecular flexibility index (Phi) is 5.39. The first kappa shape index (κ1) is 16.7. The van der Waals surface area contributed by atoms with Crippen LogP contribution in [-0.2, 0) is 4.79 Å². The zero-order chi connectivity index (χ0) is 16.3. The summed E-state index contributed by atoms with van der Waals surface area (Å²) in [7, 11) is 1.75. The Balaban J connectivity index is 2.02. The Bertz CT molecular complexity index is 558. The minimum absolute atomic E-state index is 0.0694. The summed E-state index contributed by atoms with van der Waals surface area (Å²) < 4.78 is 0. The van der Waals surface area contributed by atoms with E-state index in [0.29, 0.717) is 13.0 Å². The van der Waals surface area contributed by atoms with Crippen molar-refractivity contribution in [2.75, 3.05) is 13.6 Å². The Labute approximate surface area is 135 Å². The van der Waals surface area contributed by atoms with Gasteiger partial charge in [0.1, 0.15) is 6.04 Å². The third-order valence-electron chi connectivity index (χ3n) is 4.05. The molecule has 2 atom stereocenters. The molecule has 6 nitrogen and oxygen atoms in total. The molecule has 0 bridgehead atoms. The number of rotatable bonds is 3. The summed E-state index contributed by atoms with van der Waals surface area (Å²) in [5.41, 5.74) is 0.960. The molecule has 0 radical (unpaired) electrons. The number of hydrogen-bond donors (Lipinski definition) is 2. The van der Waals surface area contributed by atoms with E-state index in [2.05, 4.69) is 15.6 Å². The van der Waals surface area contributed by atoms with Crippen LogP contribution in [0.15, 0.2) is 0 Å². The number of amides is 3. The van der Waals surface area contributed by atoms with Crippen LogP contribution in [0.3, 0.4) is 0 Å². The second kappa shape index (κ2) is 7.09. The highest BCUT2D eigenvalue weighted by Crippen LogP contribution is 2.28. The zero-order valence-electron chi connectivity index (χ0n) is 13.6. The molecule has 1 aromatic rings. The van der Waals surface area contributed by atoms with Gasteiger partial charge in [-0.05, 0) is 40.0 Å². The predicted octanol–water partition coefficient (Wildman–Crippen LogP) is 2.13. The average molecular weight is 324 g/mol. The Hall–Kier alpha value is -1.63. The van der Waals surface area contributed by atoms with Crippen molar-refractivity contribution in [2.45, 2.75) is 52.1 Å². The summed E-state index contributed by atoms with van der Waals surface area (Å²) in [4.78, 5) is 31.5. The monoisotopic (exact) mass is 324 g/mol. The fraction of sp³-hybridized carbons (Fsp3) is 0.667. The molecule has 1 aromatic heterocycles. The van der Waals surface area contributed by atoms with Gasteiger partial charge in [0.2, 0.25) is 5.91 Å². The van der Waals surface area contributed by atoms with Gasteiger partial charge in [0.05, 0.1) is 16.7 Å². The highest BCUT2D eigenvalue weighted by atomic mass is 32.1. The predicted molar refractivity (Wildman–Crippen MR) is 86.9 cm³/mol. The number of carbonyl (C=O) groups excluding carboxylic acids is 2. The van der Waals surface area contributed by atoms with E-state index in [-0.39, 0.29) is 18.0 Å². The molecular weight excluding hydrogens is 300 g/mol. The van der Waals surface area contributed by atoms with Crippen LogP contribution < -0.4 is 10.6 Å². The van der Waals surface area contributed by atoms with Crippen molar-refractivity contribution in [2.24, 2.45) is 0 Å². The van der Waals surface area contributed by atoms with Crippen LogP contribution in [0.2, 0.25) is 0 Å². The summed E-state index contributed by atoms with van der Waals surface area (Å²) in [6, 6.07) is -0.728. The van der Waals surface area contributed by atoms with Gasteiger partial charge < -0.3 is 15.5 Å². The number of aromatic nitrogens is 1. The maximum absolute atomic E-state index is 12.4. The van der Waals surface area contributed by atoms with Crippen LogP contribution in [0.1, 0.15) is 47.8 Å². The van der Waals surface area contributed by atoms with Crippen molar-refractivity contribution in [3.05, 3.63) is 15.6 Å². The van der Waals surface area contributed by atoms with Crippen molar-refractivity contribution in [3.8, 4) is 0 Å². The molecule has 122 valence electrons. The normalized spacial score (nSPS) is 20.0. The van der Waals surface area contributed by atoms with Gasteiger partial charge in [0, 0.05) is 18.5 Å². The third kappa shape index (κ3) is 3.76. The average Bonchev–Trinajstić information content (AvgIpc) is 2.68. The lowest BCUT2D eigenvalue weighted by Crippen LogP contribution is -2.49. The van der Waals surface area contributed by atoms with Crippen LogP contribution >= 0.6 is 11.3 Å². The molecule has 1 fully saturated rings. The van der Waals surface area contributed by atoms with E-state index in [0.717, 1.165) is 28.4 Å². The summed E-state index contributed by atoms with van der Waals surface area (Å²) in [6.45, 7) is 6.59. The van der Waals surface area contributed by atoms with Crippen LogP contribution in [0, 0.1) is 13.8 Å². The van der Waals surface area contributed by atoms with Gasteiger partial charge in [-0.2, -0.15) is 0 Å². The molecule has 2 heterocycles. The topological polar surface area (TPSA) is 74.3 Å². The van der Waals surface area contributed by atoms with Crippen molar-refractivity contribution >= 4 is 23.3 Å². The van der Waals surface area contributed by atoms with Gasteiger partial charge in [0.15, 0.2) is 0 Å². The number of nitrogens with one attached hydrogen (secondary N) is 2. The van der Waals surface area contributed by atoms with Crippen LogP contribution in [0.4, 0.5) is 4.79 Å². The molecule has 2 N–H and O–H groups in total. The molecule has 0 aromatic carbocycles. The molecule has 0 spiro atoms. The largest absolute Gasteiger partial charge is 0.354 e. The maximum Gasteiger partial charge on any atom is 0.318 e. The molecule has 1 saturated heterocycles. The number of carbonyl (C=O) groups is 2. The lowest BCUT2D eigenvalue weighted by atomic mass is 10.1. The molecule has 1 aliphatic heterocycles. The Morgan fingerprint density at radius 1 is 1.45 bits per heavy atom. The standard InChI is InChI=1S/C15H24N4O2S/c1-9-13(22-11(3)17-9)10(2)19(4)15(21)18-12-7-5-6-8-16-14(12)20/h10,12H,5-8H2,1-4H3,(H,16,20)(H,18,21)/t10-,12+/m0/s1. The first-order valence-corrected chi connectivity index (χ1v) is 8.46. The maximum atomic E-state index is 12.4. The quantitative estimate of drug-likeness (QED) is 0.894. The number of aryl methyl sites for hydroxylation is 2. The van der Waals surface area contributed by atoms with E-state index < -0.39 is 6.04 Å². The van der Waals surface area contributed by atoms with Gasteiger partial charge in [-0.25, -0.2) is 9.78 Å². The lowest BCUT2D eigenvalue weighted by molar-refractivity contribution is -0.122. The van der Waals surface area contributed by atoms with E-state index in [9.17, 15) is 9.59 Å². The molecule has 0 aliphatic carbocycles. The molecule has 0 saturated carbocycles. The SMILES string of the molecule is Cc1nc(C)c([C@H](C)N(C)C(=O)N[C@@H]2CCCCNC2=O)s1. The third-order valence-corrected chi connectivity index (χ3v) is 5.30. The number of urea groups is 1. The molecular formula is C15H24N4O2S. The van der Waals surface area contributed by atoms with Gasteiger partial charge in [-0.3, -0.25) is 4.79 Å².